The van der Waals surface area contributed by atoms with Crippen LogP contribution in [0, 0.1) is 11.8 Å². The standard InChI is InChI=1S/C21H31N3O4S/c1-16(25)23-19-9-11-20(12-10-19)29(27,28)24-13-5-8-18(15-24)21(26)22-14-17-6-3-2-4-7-17/h9-12,17-18H,2-8,13-15H2,1H3,(H,22,26)(H,23,25). The molecule has 8 heteroatoms. The van der Waals surface area contributed by atoms with Gasteiger partial charge in [-0.05, 0) is 55.9 Å². The first-order chi connectivity index (χ1) is 13.9. The van der Waals surface area contributed by atoms with Gasteiger partial charge in [0, 0.05) is 32.2 Å². The van der Waals surface area contributed by atoms with Gasteiger partial charge in [-0.15, -0.1) is 0 Å². The molecule has 7 nitrogen and oxygen atoms in total. The zero-order chi connectivity index (χ0) is 20.9. The molecule has 1 saturated heterocycles. The molecule has 2 fully saturated rings. The highest BCUT2D eigenvalue weighted by Crippen LogP contribution is 2.26. The number of rotatable bonds is 6. The molecule has 160 valence electrons. The Hall–Kier alpha value is -1.93. The Labute approximate surface area is 173 Å². The van der Waals surface area contributed by atoms with E-state index in [0.29, 0.717) is 37.5 Å². The van der Waals surface area contributed by atoms with Crippen molar-refractivity contribution >= 4 is 27.5 Å². The van der Waals surface area contributed by atoms with Gasteiger partial charge in [0.15, 0.2) is 0 Å². The molecule has 1 aliphatic heterocycles. The van der Waals surface area contributed by atoms with Gasteiger partial charge in [0.05, 0.1) is 10.8 Å². The molecule has 1 aliphatic carbocycles. The molecule has 0 bridgehead atoms. The van der Waals surface area contributed by atoms with Gasteiger partial charge in [0.25, 0.3) is 0 Å². The van der Waals surface area contributed by atoms with Crippen LogP contribution in [0.5, 0.6) is 0 Å². The lowest BCUT2D eigenvalue weighted by Crippen LogP contribution is -2.46. The minimum Gasteiger partial charge on any atom is -0.356 e. The van der Waals surface area contributed by atoms with Crippen LogP contribution in [-0.2, 0) is 19.6 Å². The summed E-state index contributed by atoms with van der Waals surface area (Å²) in [6.07, 6.45) is 7.47. The fourth-order valence-corrected chi connectivity index (χ4v) is 5.74. The monoisotopic (exact) mass is 421 g/mol. The molecule has 0 radical (unpaired) electrons. The van der Waals surface area contributed by atoms with Gasteiger partial charge in [-0.2, -0.15) is 4.31 Å². The number of carbonyl (C=O) groups excluding carboxylic acids is 2. The first kappa shape index (κ1) is 21.8. The summed E-state index contributed by atoms with van der Waals surface area (Å²) in [7, 11) is -3.67. The number of anilines is 1. The smallest absolute Gasteiger partial charge is 0.243 e. The first-order valence-corrected chi connectivity index (χ1v) is 12.0. The largest absolute Gasteiger partial charge is 0.356 e. The lowest BCUT2D eigenvalue weighted by atomic mass is 9.89. The second kappa shape index (κ2) is 9.71. The van der Waals surface area contributed by atoms with Crippen LogP contribution in [-0.4, -0.2) is 44.2 Å². The SMILES string of the molecule is CC(=O)Nc1ccc(S(=O)(=O)N2CCCC(C(=O)NCC3CCCCC3)C2)cc1. The number of sulfonamides is 1. The summed E-state index contributed by atoms with van der Waals surface area (Å²) in [6.45, 7) is 2.74. The third-order valence-corrected chi connectivity index (χ3v) is 7.74. The zero-order valence-corrected chi connectivity index (χ0v) is 17.8. The molecule has 1 atom stereocenters. The molecule has 1 heterocycles. The van der Waals surface area contributed by atoms with Crippen LogP contribution in [0.4, 0.5) is 5.69 Å². The zero-order valence-electron chi connectivity index (χ0n) is 17.0. The van der Waals surface area contributed by atoms with Crippen molar-refractivity contribution in [1.29, 1.82) is 0 Å². The van der Waals surface area contributed by atoms with Gasteiger partial charge in [-0.1, -0.05) is 19.3 Å². The highest BCUT2D eigenvalue weighted by molar-refractivity contribution is 7.89. The van der Waals surface area contributed by atoms with Crippen LogP contribution in [0.1, 0.15) is 51.9 Å². The second-order valence-corrected chi connectivity index (χ2v) is 10.1. The van der Waals surface area contributed by atoms with Crippen molar-refractivity contribution in [2.45, 2.75) is 56.8 Å². The van der Waals surface area contributed by atoms with Crippen LogP contribution in [0.25, 0.3) is 0 Å². The highest BCUT2D eigenvalue weighted by atomic mass is 32.2. The van der Waals surface area contributed by atoms with E-state index in [-0.39, 0.29) is 29.2 Å². The summed E-state index contributed by atoms with van der Waals surface area (Å²) < 4.78 is 27.4. The van der Waals surface area contributed by atoms with E-state index in [1.54, 1.807) is 12.1 Å². The van der Waals surface area contributed by atoms with E-state index in [1.165, 1.54) is 55.5 Å². The van der Waals surface area contributed by atoms with E-state index in [9.17, 15) is 18.0 Å². The van der Waals surface area contributed by atoms with Crippen molar-refractivity contribution in [2.24, 2.45) is 11.8 Å². The Morgan fingerprint density at radius 3 is 2.38 bits per heavy atom. The number of hydrogen-bond acceptors (Lipinski definition) is 4. The van der Waals surface area contributed by atoms with Crippen molar-refractivity contribution in [1.82, 2.24) is 9.62 Å². The number of nitrogens with one attached hydrogen (secondary N) is 2. The Morgan fingerprint density at radius 1 is 1.03 bits per heavy atom. The molecular formula is C21H31N3O4S. The lowest BCUT2D eigenvalue weighted by molar-refractivity contribution is -0.126. The average molecular weight is 422 g/mol. The van der Waals surface area contributed by atoms with E-state index in [4.69, 9.17) is 0 Å². The molecule has 1 unspecified atom stereocenters. The minimum atomic E-state index is -3.67. The van der Waals surface area contributed by atoms with Crippen molar-refractivity contribution in [2.75, 3.05) is 25.0 Å². The van der Waals surface area contributed by atoms with Gasteiger partial charge in [0.1, 0.15) is 0 Å². The normalized spacial score (nSPS) is 21.5. The fraction of sp³-hybridized carbons (Fsp3) is 0.619. The summed E-state index contributed by atoms with van der Waals surface area (Å²) in [5.74, 6) is 0.00854. The Balaban J connectivity index is 1.59. The van der Waals surface area contributed by atoms with Crippen LogP contribution >= 0.6 is 0 Å². The highest BCUT2D eigenvalue weighted by Gasteiger charge is 2.33. The van der Waals surface area contributed by atoms with E-state index in [2.05, 4.69) is 10.6 Å². The molecule has 29 heavy (non-hydrogen) atoms. The quantitative estimate of drug-likeness (QED) is 0.738. The van der Waals surface area contributed by atoms with Gasteiger partial charge >= 0.3 is 0 Å². The van der Waals surface area contributed by atoms with Gasteiger partial charge in [0.2, 0.25) is 21.8 Å². The minimum absolute atomic E-state index is 0.0310. The predicted octanol–water partition coefficient (Wildman–Crippen LogP) is 2.74. The molecule has 2 amide bonds. The molecule has 1 aromatic carbocycles. The second-order valence-electron chi connectivity index (χ2n) is 8.16. The van der Waals surface area contributed by atoms with Gasteiger partial charge in [-0.25, -0.2) is 8.42 Å². The molecule has 0 spiro atoms. The molecule has 1 saturated carbocycles. The molecule has 1 aromatic rings. The predicted molar refractivity (Wildman–Crippen MR) is 112 cm³/mol. The van der Waals surface area contributed by atoms with Crippen LogP contribution < -0.4 is 10.6 Å². The third-order valence-electron chi connectivity index (χ3n) is 5.86. The third kappa shape index (κ3) is 5.79. The van der Waals surface area contributed by atoms with Gasteiger partial charge < -0.3 is 10.6 Å². The summed E-state index contributed by atoms with van der Waals surface area (Å²) in [5, 5.41) is 5.68. The molecule has 2 N–H and O–H groups in total. The van der Waals surface area contributed by atoms with E-state index in [1.807, 2.05) is 0 Å². The van der Waals surface area contributed by atoms with Crippen LogP contribution in [0.3, 0.4) is 0 Å². The summed E-state index contributed by atoms with van der Waals surface area (Å²) >= 11 is 0. The maximum atomic E-state index is 13.0. The van der Waals surface area contributed by atoms with E-state index in [0.717, 1.165) is 0 Å². The van der Waals surface area contributed by atoms with Gasteiger partial charge in [-0.3, -0.25) is 9.59 Å². The maximum absolute atomic E-state index is 13.0. The average Bonchev–Trinajstić information content (AvgIpc) is 2.73. The number of benzene rings is 1. The Morgan fingerprint density at radius 2 is 1.72 bits per heavy atom. The van der Waals surface area contributed by atoms with Crippen molar-refractivity contribution in [3.05, 3.63) is 24.3 Å². The number of carbonyl (C=O) groups is 2. The van der Waals surface area contributed by atoms with E-state index >= 15 is 0 Å². The van der Waals surface area contributed by atoms with E-state index < -0.39 is 10.0 Å². The summed E-state index contributed by atoms with van der Waals surface area (Å²) in [4.78, 5) is 23.9. The number of hydrogen-bond donors (Lipinski definition) is 2. The van der Waals surface area contributed by atoms with Crippen LogP contribution in [0.2, 0.25) is 0 Å². The van der Waals surface area contributed by atoms with Crippen molar-refractivity contribution in [3.63, 3.8) is 0 Å². The number of nitrogens with zero attached hydrogens (tertiary/aromatic N) is 1. The fourth-order valence-electron chi connectivity index (χ4n) is 4.22. The van der Waals surface area contributed by atoms with Crippen LogP contribution in [0.15, 0.2) is 29.2 Å². The Kier molecular flexibility index (Phi) is 7.29. The summed E-state index contributed by atoms with van der Waals surface area (Å²) in [6, 6.07) is 6.14. The molecule has 3 rings (SSSR count). The maximum Gasteiger partial charge on any atom is 0.243 e. The molecule has 0 aromatic heterocycles. The summed E-state index contributed by atoms with van der Waals surface area (Å²) in [5.41, 5.74) is 0.551. The topological polar surface area (TPSA) is 95.6 Å². The van der Waals surface area contributed by atoms with Crippen molar-refractivity contribution in [3.8, 4) is 0 Å². The molecular weight excluding hydrogens is 390 g/mol. The molecule has 2 aliphatic rings. The number of amides is 2. The Bertz CT molecular complexity index is 817. The first-order valence-electron chi connectivity index (χ1n) is 10.5. The van der Waals surface area contributed by atoms with Crippen molar-refractivity contribution < 1.29 is 18.0 Å². The lowest BCUT2D eigenvalue weighted by Gasteiger charge is -2.31. The number of piperidine rings is 1.